The van der Waals surface area contributed by atoms with Crippen molar-refractivity contribution in [2.45, 2.75) is 17.8 Å². The van der Waals surface area contributed by atoms with Crippen LogP contribution in [0.2, 0.25) is 0 Å². The number of carbonyl (C=O) groups excluding carboxylic acids is 2. The third kappa shape index (κ3) is 4.36. The van der Waals surface area contributed by atoms with Gasteiger partial charge in [0.1, 0.15) is 5.75 Å². The summed E-state index contributed by atoms with van der Waals surface area (Å²) in [4.78, 5) is 32.1. The number of halogens is 3. The molecule has 7 nitrogen and oxygen atoms in total. The van der Waals surface area contributed by atoms with Crippen LogP contribution in [-0.2, 0) is 10.9 Å². The number of morpholine rings is 1. The smallest absolute Gasteiger partial charge is 0.416 e. The van der Waals surface area contributed by atoms with E-state index >= 15 is 0 Å². The van der Waals surface area contributed by atoms with E-state index in [0.29, 0.717) is 57.3 Å². The van der Waals surface area contributed by atoms with Gasteiger partial charge in [-0.3, -0.25) is 14.5 Å². The molecule has 3 heterocycles. The fourth-order valence-corrected chi connectivity index (χ4v) is 5.36. The molecule has 3 fully saturated rings. The molecule has 186 valence electrons. The first kappa shape index (κ1) is 23.6. The molecule has 2 aromatic rings. The summed E-state index contributed by atoms with van der Waals surface area (Å²) in [6, 6.07) is 11.3. The van der Waals surface area contributed by atoms with E-state index in [1.165, 1.54) is 12.1 Å². The van der Waals surface area contributed by atoms with Gasteiger partial charge in [0.25, 0.3) is 11.8 Å². The second-order valence-electron chi connectivity index (χ2n) is 9.30. The van der Waals surface area contributed by atoms with E-state index in [1.807, 2.05) is 4.90 Å². The van der Waals surface area contributed by atoms with Crippen LogP contribution in [0, 0.1) is 0 Å². The van der Waals surface area contributed by atoms with Crippen LogP contribution in [0.5, 0.6) is 5.75 Å². The van der Waals surface area contributed by atoms with Gasteiger partial charge in [0.05, 0.1) is 37.5 Å². The molecule has 0 saturated carbocycles. The van der Waals surface area contributed by atoms with Crippen LogP contribution in [0.3, 0.4) is 0 Å². The zero-order valence-electron chi connectivity index (χ0n) is 19.3. The SMILES string of the molecule is COc1cccc(C(=O)N2C[C@@H]3COCCN3C3(C2)CN(C(=O)c2ccc(C(F)(F)F)cc2)C3)c1. The third-order valence-electron chi connectivity index (χ3n) is 7.07. The fraction of sp³-hybridized carbons (Fsp3) is 0.440. The lowest BCUT2D eigenvalue weighted by Crippen LogP contribution is -2.81. The number of hydrogen-bond acceptors (Lipinski definition) is 5. The largest absolute Gasteiger partial charge is 0.497 e. The van der Waals surface area contributed by atoms with Crippen molar-refractivity contribution in [3.05, 3.63) is 65.2 Å². The van der Waals surface area contributed by atoms with E-state index in [2.05, 4.69) is 4.90 Å². The van der Waals surface area contributed by atoms with Crippen molar-refractivity contribution in [2.24, 2.45) is 0 Å². The zero-order valence-corrected chi connectivity index (χ0v) is 19.3. The summed E-state index contributed by atoms with van der Waals surface area (Å²) in [5.74, 6) is 0.175. The fourth-order valence-electron chi connectivity index (χ4n) is 5.36. The zero-order chi connectivity index (χ0) is 24.8. The monoisotopic (exact) mass is 489 g/mol. The lowest BCUT2D eigenvalue weighted by molar-refractivity contribution is -0.148. The van der Waals surface area contributed by atoms with Crippen LogP contribution < -0.4 is 4.74 Å². The number of ether oxygens (including phenoxy) is 2. The average molecular weight is 489 g/mol. The average Bonchev–Trinajstić information content (AvgIpc) is 2.85. The molecule has 0 bridgehead atoms. The minimum Gasteiger partial charge on any atom is -0.497 e. The van der Waals surface area contributed by atoms with Gasteiger partial charge < -0.3 is 19.3 Å². The van der Waals surface area contributed by atoms with Gasteiger partial charge in [-0.05, 0) is 42.5 Å². The number of carbonyl (C=O) groups is 2. The maximum atomic E-state index is 13.4. The molecule has 3 aliphatic rings. The standard InChI is InChI=1S/C25H26F3N3O4/c1-34-21-4-2-3-18(11-21)23(33)29-12-20-13-35-10-9-31(20)24(14-29)15-30(16-24)22(32)17-5-7-19(8-6-17)25(26,27)28/h2-8,11,20H,9-10,12-16H2,1H3/t20-/m1/s1. The summed E-state index contributed by atoms with van der Waals surface area (Å²) in [6.07, 6.45) is -4.45. The lowest BCUT2D eigenvalue weighted by atomic mass is 9.82. The molecule has 2 amide bonds. The summed E-state index contributed by atoms with van der Waals surface area (Å²) >= 11 is 0. The van der Waals surface area contributed by atoms with Crippen LogP contribution in [0.1, 0.15) is 26.3 Å². The van der Waals surface area contributed by atoms with Crippen LogP contribution in [0.4, 0.5) is 13.2 Å². The van der Waals surface area contributed by atoms with Crippen molar-refractivity contribution >= 4 is 11.8 Å². The van der Waals surface area contributed by atoms with Crippen molar-refractivity contribution in [1.29, 1.82) is 0 Å². The van der Waals surface area contributed by atoms with E-state index < -0.39 is 17.3 Å². The highest BCUT2D eigenvalue weighted by atomic mass is 19.4. The van der Waals surface area contributed by atoms with Crippen molar-refractivity contribution < 1.29 is 32.2 Å². The van der Waals surface area contributed by atoms with Crippen LogP contribution in [-0.4, -0.2) is 91.1 Å². The van der Waals surface area contributed by atoms with E-state index in [0.717, 1.165) is 12.1 Å². The molecule has 3 aliphatic heterocycles. The molecule has 35 heavy (non-hydrogen) atoms. The number of nitrogens with zero attached hydrogens (tertiary/aromatic N) is 3. The molecule has 0 aromatic heterocycles. The van der Waals surface area contributed by atoms with Crippen LogP contribution in [0.15, 0.2) is 48.5 Å². The predicted molar refractivity (Wildman–Crippen MR) is 120 cm³/mol. The second kappa shape index (κ2) is 8.83. The number of fused-ring (bicyclic) bond motifs is 2. The van der Waals surface area contributed by atoms with E-state index in [1.54, 1.807) is 36.3 Å². The molecule has 2 aromatic carbocycles. The highest BCUT2D eigenvalue weighted by Crippen LogP contribution is 2.37. The van der Waals surface area contributed by atoms with Gasteiger partial charge >= 0.3 is 6.18 Å². The Labute approximate surface area is 201 Å². The van der Waals surface area contributed by atoms with E-state index in [9.17, 15) is 22.8 Å². The molecular formula is C25H26F3N3O4. The van der Waals surface area contributed by atoms with Gasteiger partial charge in [-0.1, -0.05) is 6.07 Å². The number of rotatable bonds is 3. The second-order valence-corrected chi connectivity index (χ2v) is 9.30. The number of benzene rings is 2. The van der Waals surface area contributed by atoms with Crippen LogP contribution >= 0.6 is 0 Å². The first-order valence-corrected chi connectivity index (χ1v) is 11.4. The Hall–Kier alpha value is -3.11. The minimum absolute atomic E-state index is 0.00961. The molecule has 0 aliphatic carbocycles. The van der Waals surface area contributed by atoms with Crippen molar-refractivity contribution in [3.63, 3.8) is 0 Å². The summed E-state index contributed by atoms with van der Waals surface area (Å²) in [7, 11) is 1.55. The van der Waals surface area contributed by atoms with Gasteiger partial charge in [0.15, 0.2) is 0 Å². The molecule has 1 spiro atoms. The highest BCUT2D eigenvalue weighted by molar-refractivity contribution is 5.96. The van der Waals surface area contributed by atoms with Gasteiger partial charge in [-0.2, -0.15) is 13.2 Å². The topological polar surface area (TPSA) is 62.3 Å². The maximum Gasteiger partial charge on any atom is 0.416 e. The highest BCUT2D eigenvalue weighted by Gasteiger charge is 2.56. The normalized spacial score (nSPS) is 21.9. The van der Waals surface area contributed by atoms with Gasteiger partial charge in [-0.25, -0.2) is 0 Å². The molecule has 0 unspecified atom stereocenters. The van der Waals surface area contributed by atoms with Crippen LogP contribution in [0.25, 0.3) is 0 Å². The molecule has 0 radical (unpaired) electrons. The van der Waals surface area contributed by atoms with Gasteiger partial charge in [0.2, 0.25) is 0 Å². The Morgan fingerprint density at radius 2 is 1.69 bits per heavy atom. The molecule has 5 rings (SSSR count). The predicted octanol–water partition coefficient (Wildman–Crippen LogP) is 2.77. The van der Waals surface area contributed by atoms with Crippen molar-refractivity contribution in [2.75, 3.05) is 53.0 Å². The Kier molecular flexibility index (Phi) is 5.96. The summed E-state index contributed by atoms with van der Waals surface area (Å²) in [6.45, 7) is 3.54. The lowest BCUT2D eigenvalue weighted by Gasteiger charge is -2.63. The number of amides is 2. The maximum absolute atomic E-state index is 13.4. The summed E-state index contributed by atoms with van der Waals surface area (Å²) in [5.41, 5.74) is -0.458. The third-order valence-corrected chi connectivity index (χ3v) is 7.07. The first-order chi connectivity index (χ1) is 16.7. The van der Waals surface area contributed by atoms with Gasteiger partial charge in [-0.15, -0.1) is 0 Å². The van der Waals surface area contributed by atoms with E-state index in [4.69, 9.17) is 9.47 Å². The number of methoxy groups -OCH3 is 1. The quantitative estimate of drug-likeness (QED) is 0.664. The Bertz CT molecular complexity index is 1120. The number of alkyl halides is 3. The first-order valence-electron chi connectivity index (χ1n) is 11.4. The minimum atomic E-state index is -4.45. The molecule has 1 atom stereocenters. The Morgan fingerprint density at radius 1 is 1.00 bits per heavy atom. The van der Waals surface area contributed by atoms with Crippen molar-refractivity contribution in [3.8, 4) is 5.75 Å². The number of hydrogen-bond donors (Lipinski definition) is 0. The molecular weight excluding hydrogens is 463 g/mol. The Balaban J connectivity index is 1.33. The molecule has 0 N–H and O–H groups in total. The van der Waals surface area contributed by atoms with Gasteiger partial charge in [0, 0.05) is 43.9 Å². The molecule has 3 saturated heterocycles. The molecule has 10 heteroatoms. The summed E-state index contributed by atoms with van der Waals surface area (Å²) < 4.78 is 49.5. The summed E-state index contributed by atoms with van der Waals surface area (Å²) in [5, 5.41) is 0. The number of likely N-dealkylation sites (tertiary alicyclic amines) is 1. The number of piperazine rings is 1. The van der Waals surface area contributed by atoms with E-state index in [-0.39, 0.29) is 23.4 Å². The van der Waals surface area contributed by atoms with Crippen molar-refractivity contribution in [1.82, 2.24) is 14.7 Å². The Morgan fingerprint density at radius 3 is 2.37 bits per heavy atom.